The predicted octanol–water partition coefficient (Wildman–Crippen LogP) is 2.35. The molecule has 182 valence electrons. The number of unbranched alkanes of at least 4 members (excludes halogenated alkanes) is 1. The molecule has 0 radical (unpaired) electrons. The summed E-state index contributed by atoms with van der Waals surface area (Å²) in [5, 5.41) is 27.7. The number of carboxylic acid groups (broad SMARTS) is 1. The first-order valence-corrected chi connectivity index (χ1v) is 11.1. The number of carbonyl (C=O) groups excluding carboxylic acids is 2. The second kappa shape index (κ2) is 13.7. The lowest BCUT2D eigenvalue weighted by atomic mass is 9.85. The van der Waals surface area contributed by atoms with E-state index < -0.39 is 36.2 Å². The number of aliphatic hydroxyl groups is 2. The zero-order valence-electron chi connectivity index (χ0n) is 18.6. The minimum Gasteiger partial charge on any atom is -0.478 e. The monoisotopic (exact) mass is 464 g/mol. The molecule has 33 heavy (non-hydrogen) atoms. The van der Waals surface area contributed by atoms with Gasteiger partial charge in [0.05, 0.1) is 36.5 Å². The number of aliphatic hydroxyl groups excluding tert-OH is 2. The molecule has 1 aliphatic carbocycles. The van der Waals surface area contributed by atoms with Crippen molar-refractivity contribution in [2.24, 2.45) is 5.92 Å². The van der Waals surface area contributed by atoms with Crippen LogP contribution in [0.15, 0.2) is 36.9 Å². The van der Waals surface area contributed by atoms with Gasteiger partial charge >= 0.3 is 17.9 Å². The zero-order chi connectivity index (χ0) is 24.2. The molecule has 0 aromatic heterocycles. The van der Waals surface area contributed by atoms with Gasteiger partial charge in [0.2, 0.25) is 0 Å². The fourth-order valence-corrected chi connectivity index (χ4v) is 3.76. The van der Waals surface area contributed by atoms with E-state index >= 15 is 0 Å². The second-order valence-electron chi connectivity index (χ2n) is 8.05. The van der Waals surface area contributed by atoms with Gasteiger partial charge in [0.15, 0.2) is 0 Å². The number of benzene rings is 1. The van der Waals surface area contributed by atoms with E-state index in [4.69, 9.17) is 19.3 Å². The number of rotatable bonds is 13. The molecule has 0 amide bonds. The molecule has 2 rings (SSSR count). The Bertz CT molecular complexity index is 807. The Labute approximate surface area is 193 Å². The van der Waals surface area contributed by atoms with Crippen molar-refractivity contribution in [3.8, 4) is 0 Å². The quantitative estimate of drug-likeness (QED) is 0.228. The maximum absolute atomic E-state index is 12.7. The van der Waals surface area contributed by atoms with E-state index in [1.807, 2.05) is 0 Å². The van der Waals surface area contributed by atoms with Crippen LogP contribution in [0.4, 0.5) is 0 Å². The molecule has 1 saturated carbocycles. The number of hydrogen-bond acceptors (Lipinski definition) is 8. The van der Waals surface area contributed by atoms with Crippen LogP contribution in [0.3, 0.4) is 0 Å². The van der Waals surface area contributed by atoms with Gasteiger partial charge in [0, 0.05) is 12.7 Å². The maximum atomic E-state index is 12.7. The molecule has 1 aliphatic rings. The highest BCUT2D eigenvalue weighted by molar-refractivity contribution is 6.02. The van der Waals surface area contributed by atoms with Crippen LogP contribution in [0.2, 0.25) is 0 Å². The molecule has 0 aliphatic heterocycles. The van der Waals surface area contributed by atoms with Crippen molar-refractivity contribution in [2.75, 3.05) is 19.8 Å². The lowest BCUT2D eigenvalue weighted by Crippen LogP contribution is -2.40. The Morgan fingerprint density at radius 3 is 2.52 bits per heavy atom. The topological polar surface area (TPSA) is 140 Å². The first kappa shape index (κ1) is 26.5. The zero-order valence-corrected chi connectivity index (χ0v) is 18.6. The van der Waals surface area contributed by atoms with E-state index in [1.165, 1.54) is 18.2 Å². The van der Waals surface area contributed by atoms with Crippen molar-refractivity contribution in [2.45, 2.75) is 56.8 Å². The summed E-state index contributed by atoms with van der Waals surface area (Å²) in [6.07, 6.45) is 2.70. The molecular weight excluding hydrogens is 432 g/mol. The van der Waals surface area contributed by atoms with Gasteiger partial charge in [-0.1, -0.05) is 18.7 Å². The first-order valence-electron chi connectivity index (χ1n) is 11.1. The Morgan fingerprint density at radius 1 is 1.12 bits per heavy atom. The largest absolute Gasteiger partial charge is 0.478 e. The smallest absolute Gasteiger partial charge is 0.339 e. The summed E-state index contributed by atoms with van der Waals surface area (Å²) in [5.74, 6) is -2.42. The van der Waals surface area contributed by atoms with E-state index in [-0.39, 0.29) is 30.3 Å². The minimum absolute atomic E-state index is 0.0243. The van der Waals surface area contributed by atoms with Crippen LogP contribution in [-0.2, 0) is 19.0 Å². The summed E-state index contributed by atoms with van der Waals surface area (Å²) in [7, 11) is 0. The minimum atomic E-state index is -1.21. The maximum Gasteiger partial charge on any atom is 0.339 e. The van der Waals surface area contributed by atoms with Crippen LogP contribution in [0.5, 0.6) is 0 Å². The van der Waals surface area contributed by atoms with E-state index in [2.05, 4.69) is 6.58 Å². The van der Waals surface area contributed by atoms with Crippen molar-refractivity contribution >= 4 is 17.9 Å². The van der Waals surface area contributed by atoms with Gasteiger partial charge in [-0.05, 0) is 56.6 Å². The summed E-state index contributed by atoms with van der Waals surface area (Å²) in [5.41, 5.74) is -0.156. The number of hydrogen-bond donors (Lipinski definition) is 3. The summed E-state index contributed by atoms with van der Waals surface area (Å²) >= 11 is 0. The molecule has 1 aromatic carbocycles. The summed E-state index contributed by atoms with van der Waals surface area (Å²) in [4.78, 5) is 35.6. The van der Waals surface area contributed by atoms with Gasteiger partial charge in [-0.3, -0.25) is 0 Å². The SMILES string of the molecule is C=CC(=O)OCC1CCC(OC(=O)c2ccccc2C(=O)O)C(OCCCCC(O)CO)C1. The molecule has 0 heterocycles. The third-order valence-corrected chi connectivity index (χ3v) is 5.58. The standard InChI is InChI=1S/C24H32O9/c1-2-22(27)32-15-16-10-11-20(21(13-16)31-12-6-5-7-17(26)14-25)33-24(30)19-9-4-3-8-18(19)23(28)29/h2-4,8-9,16-17,20-21,25-26H,1,5-7,10-15H2,(H,28,29). The summed E-state index contributed by atoms with van der Waals surface area (Å²) in [6, 6.07) is 5.87. The highest BCUT2D eigenvalue weighted by Gasteiger charge is 2.35. The van der Waals surface area contributed by atoms with Crippen molar-refractivity contribution in [3.05, 3.63) is 48.0 Å². The van der Waals surface area contributed by atoms with E-state index in [0.29, 0.717) is 45.1 Å². The molecular formula is C24H32O9. The highest BCUT2D eigenvalue weighted by atomic mass is 16.6. The number of carboxylic acids is 1. The molecule has 1 aromatic rings. The molecule has 0 bridgehead atoms. The van der Waals surface area contributed by atoms with Crippen molar-refractivity contribution < 1.29 is 43.9 Å². The van der Waals surface area contributed by atoms with Gasteiger partial charge in [0.25, 0.3) is 0 Å². The Kier molecular flexibility index (Phi) is 11.0. The number of aromatic carboxylic acids is 1. The number of carbonyl (C=O) groups is 3. The molecule has 9 heteroatoms. The van der Waals surface area contributed by atoms with Crippen LogP contribution in [0.1, 0.15) is 59.2 Å². The van der Waals surface area contributed by atoms with Gasteiger partial charge in [0.1, 0.15) is 6.10 Å². The van der Waals surface area contributed by atoms with E-state index in [9.17, 15) is 24.6 Å². The van der Waals surface area contributed by atoms with Gasteiger partial charge in [-0.25, -0.2) is 14.4 Å². The predicted molar refractivity (Wildman–Crippen MR) is 118 cm³/mol. The molecule has 4 atom stereocenters. The summed E-state index contributed by atoms with van der Waals surface area (Å²) < 4.78 is 16.8. The second-order valence-corrected chi connectivity index (χ2v) is 8.05. The van der Waals surface area contributed by atoms with Crippen molar-refractivity contribution in [1.29, 1.82) is 0 Å². The lowest BCUT2D eigenvalue weighted by molar-refractivity contribution is -0.141. The van der Waals surface area contributed by atoms with Crippen LogP contribution in [0.25, 0.3) is 0 Å². The lowest BCUT2D eigenvalue weighted by Gasteiger charge is -2.35. The van der Waals surface area contributed by atoms with Crippen molar-refractivity contribution in [1.82, 2.24) is 0 Å². The van der Waals surface area contributed by atoms with Gasteiger partial charge in [-0.2, -0.15) is 0 Å². The van der Waals surface area contributed by atoms with E-state index in [1.54, 1.807) is 6.07 Å². The van der Waals surface area contributed by atoms with Crippen molar-refractivity contribution in [3.63, 3.8) is 0 Å². The number of esters is 2. The Hall–Kier alpha value is -2.75. The third-order valence-electron chi connectivity index (χ3n) is 5.58. The number of ether oxygens (including phenoxy) is 3. The first-order chi connectivity index (χ1) is 15.8. The van der Waals surface area contributed by atoms with Crippen LogP contribution in [0, 0.1) is 5.92 Å². The van der Waals surface area contributed by atoms with Crippen LogP contribution >= 0.6 is 0 Å². The average Bonchev–Trinajstić information content (AvgIpc) is 2.83. The fourth-order valence-electron chi connectivity index (χ4n) is 3.76. The van der Waals surface area contributed by atoms with Crippen LogP contribution < -0.4 is 0 Å². The molecule has 3 N–H and O–H groups in total. The Morgan fingerprint density at radius 2 is 1.85 bits per heavy atom. The van der Waals surface area contributed by atoms with Crippen LogP contribution in [-0.4, -0.2) is 71.4 Å². The Balaban J connectivity index is 2.00. The highest BCUT2D eigenvalue weighted by Crippen LogP contribution is 2.30. The third kappa shape index (κ3) is 8.60. The molecule has 0 saturated heterocycles. The molecule has 4 unspecified atom stereocenters. The molecule has 9 nitrogen and oxygen atoms in total. The summed E-state index contributed by atoms with van der Waals surface area (Å²) in [6.45, 7) is 3.66. The van der Waals surface area contributed by atoms with E-state index in [0.717, 1.165) is 6.08 Å². The fraction of sp³-hybridized carbons (Fsp3) is 0.542. The molecule has 1 fully saturated rings. The van der Waals surface area contributed by atoms with Gasteiger partial charge < -0.3 is 29.5 Å². The normalized spacial score (nSPS) is 21.1. The van der Waals surface area contributed by atoms with Gasteiger partial charge in [-0.15, -0.1) is 0 Å². The average molecular weight is 465 g/mol. The molecule has 0 spiro atoms.